The summed E-state index contributed by atoms with van der Waals surface area (Å²) in [5.41, 5.74) is 2.65. The Morgan fingerprint density at radius 2 is 2.05 bits per heavy atom. The molecule has 0 aliphatic rings. The Balaban J connectivity index is 1.95. The van der Waals surface area contributed by atoms with E-state index in [0.29, 0.717) is 27.9 Å². The van der Waals surface area contributed by atoms with Crippen molar-refractivity contribution < 1.29 is 13.9 Å². The van der Waals surface area contributed by atoms with Gasteiger partial charge >= 0.3 is 0 Å². The van der Waals surface area contributed by atoms with Crippen molar-refractivity contribution in [3.05, 3.63) is 59.5 Å². The van der Waals surface area contributed by atoms with Crippen molar-refractivity contribution in [1.29, 1.82) is 0 Å². The average Bonchev–Trinajstić information content (AvgIpc) is 2.90. The number of aromatic nitrogens is 1. The van der Waals surface area contributed by atoms with Crippen LogP contribution in [0.3, 0.4) is 0 Å². The molecule has 0 saturated heterocycles. The SMILES string of the molecule is COc1ccc(C)cc1NC(=O)c1c[nH]c2cc(F)ccc12. The first kappa shape index (κ1) is 14.1. The molecule has 1 amide bonds. The van der Waals surface area contributed by atoms with E-state index in [-0.39, 0.29) is 11.7 Å². The summed E-state index contributed by atoms with van der Waals surface area (Å²) in [6, 6.07) is 9.83. The van der Waals surface area contributed by atoms with E-state index in [1.807, 2.05) is 19.1 Å². The number of hydrogen-bond acceptors (Lipinski definition) is 2. The van der Waals surface area contributed by atoms with Crippen molar-refractivity contribution in [2.24, 2.45) is 0 Å². The maximum absolute atomic E-state index is 13.2. The second-order valence-electron chi connectivity index (χ2n) is 5.05. The number of benzene rings is 2. The second kappa shape index (κ2) is 5.52. The molecular formula is C17H15FN2O2. The minimum atomic E-state index is -0.346. The molecule has 22 heavy (non-hydrogen) atoms. The lowest BCUT2D eigenvalue weighted by atomic mass is 10.1. The molecule has 5 heteroatoms. The maximum atomic E-state index is 13.2. The van der Waals surface area contributed by atoms with Crippen LogP contribution in [-0.2, 0) is 0 Å². The molecule has 0 bridgehead atoms. The minimum absolute atomic E-state index is 0.276. The lowest BCUT2D eigenvalue weighted by molar-refractivity contribution is 0.102. The van der Waals surface area contributed by atoms with Crippen molar-refractivity contribution in [3.8, 4) is 5.75 Å². The highest BCUT2D eigenvalue weighted by Crippen LogP contribution is 2.27. The van der Waals surface area contributed by atoms with E-state index < -0.39 is 0 Å². The predicted molar refractivity (Wildman–Crippen MR) is 83.9 cm³/mol. The van der Waals surface area contributed by atoms with E-state index in [9.17, 15) is 9.18 Å². The van der Waals surface area contributed by atoms with Gasteiger partial charge in [-0.25, -0.2) is 4.39 Å². The number of aromatic amines is 1. The van der Waals surface area contributed by atoms with Gasteiger partial charge < -0.3 is 15.0 Å². The number of anilines is 1. The third-order valence-corrected chi connectivity index (χ3v) is 3.49. The average molecular weight is 298 g/mol. The normalized spacial score (nSPS) is 10.7. The molecule has 0 radical (unpaired) electrons. The summed E-state index contributed by atoms with van der Waals surface area (Å²) in [6.45, 7) is 1.93. The number of nitrogens with one attached hydrogen (secondary N) is 2. The highest BCUT2D eigenvalue weighted by molar-refractivity contribution is 6.13. The third kappa shape index (κ3) is 2.53. The number of carbonyl (C=O) groups excluding carboxylic acids is 1. The molecule has 0 aliphatic heterocycles. The summed E-state index contributed by atoms with van der Waals surface area (Å²) in [7, 11) is 1.55. The lowest BCUT2D eigenvalue weighted by Gasteiger charge is -2.10. The van der Waals surface area contributed by atoms with E-state index in [4.69, 9.17) is 4.74 Å². The van der Waals surface area contributed by atoms with Crippen LogP contribution in [0.15, 0.2) is 42.6 Å². The quantitative estimate of drug-likeness (QED) is 0.771. The summed E-state index contributed by atoms with van der Waals surface area (Å²) in [4.78, 5) is 15.4. The van der Waals surface area contributed by atoms with Gasteiger partial charge in [-0.15, -0.1) is 0 Å². The van der Waals surface area contributed by atoms with Gasteiger partial charge in [0.05, 0.1) is 18.4 Å². The van der Waals surface area contributed by atoms with E-state index >= 15 is 0 Å². The van der Waals surface area contributed by atoms with E-state index in [1.54, 1.807) is 25.4 Å². The number of rotatable bonds is 3. The van der Waals surface area contributed by atoms with E-state index in [1.165, 1.54) is 12.1 Å². The number of amides is 1. The first-order valence-corrected chi connectivity index (χ1v) is 6.81. The van der Waals surface area contributed by atoms with Gasteiger partial charge in [-0.2, -0.15) is 0 Å². The molecule has 2 aromatic carbocycles. The summed E-state index contributed by atoms with van der Waals surface area (Å²) in [5, 5.41) is 3.51. The number of aryl methyl sites for hydroxylation is 1. The van der Waals surface area contributed by atoms with Crippen LogP contribution in [0.4, 0.5) is 10.1 Å². The Morgan fingerprint density at radius 1 is 1.23 bits per heavy atom. The fourth-order valence-corrected chi connectivity index (χ4v) is 2.40. The zero-order chi connectivity index (χ0) is 15.7. The molecule has 112 valence electrons. The third-order valence-electron chi connectivity index (χ3n) is 3.49. The molecular weight excluding hydrogens is 283 g/mol. The first-order chi connectivity index (χ1) is 10.6. The van der Waals surface area contributed by atoms with Gasteiger partial charge in [0, 0.05) is 17.1 Å². The molecule has 0 aliphatic carbocycles. The van der Waals surface area contributed by atoms with Gasteiger partial charge in [0.15, 0.2) is 0 Å². The number of fused-ring (bicyclic) bond motifs is 1. The second-order valence-corrected chi connectivity index (χ2v) is 5.05. The van der Waals surface area contributed by atoms with Crippen molar-refractivity contribution >= 4 is 22.5 Å². The number of halogens is 1. The summed E-state index contributed by atoms with van der Waals surface area (Å²) >= 11 is 0. The molecule has 0 saturated carbocycles. The van der Waals surface area contributed by atoms with Crippen LogP contribution in [0.25, 0.3) is 10.9 Å². The van der Waals surface area contributed by atoms with Gasteiger partial charge in [-0.1, -0.05) is 6.07 Å². The Hall–Kier alpha value is -2.82. The van der Waals surface area contributed by atoms with Crippen LogP contribution < -0.4 is 10.1 Å². The van der Waals surface area contributed by atoms with Gasteiger partial charge in [0.1, 0.15) is 11.6 Å². The van der Waals surface area contributed by atoms with Gasteiger partial charge in [0.2, 0.25) is 0 Å². The molecule has 2 N–H and O–H groups in total. The Bertz CT molecular complexity index is 855. The van der Waals surface area contributed by atoms with Crippen molar-refractivity contribution in [3.63, 3.8) is 0 Å². The molecule has 3 rings (SSSR count). The lowest BCUT2D eigenvalue weighted by Crippen LogP contribution is -2.12. The largest absolute Gasteiger partial charge is 0.495 e. The number of ether oxygens (including phenoxy) is 1. The summed E-state index contributed by atoms with van der Waals surface area (Å²) in [5.74, 6) is -0.0340. The maximum Gasteiger partial charge on any atom is 0.257 e. The van der Waals surface area contributed by atoms with Crippen molar-refractivity contribution in [2.45, 2.75) is 6.92 Å². The van der Waals surface area contributed by atoms with Crippen LogP contribution in [0.1, 0.15) is 15.9 Å². The van der Waals surface area contributed by atoms with Crippen molar-refractivity contribution in [2.75, 3.05) is 12.4 Å². The van der Waals surface area contributed by atoms with E-state index in [0.717, 1.165) is 5.56 Å². The zero-order valence-corrected chi connectivity index (χ0v) is 12.2. The molecule has 3 aromatic rings. The predicted octanol–water partition coefficient (Wildman–Crippen LogP) is 3.88. The topological polar surface area (TPSA) is 54.1 Å². The Morgan fingerprint density at radius 3 is 2.82 bits per heavy atom. The van der Waals surface area contributed by atoms with Crippen LogP contribution in [0, 0.1) is 12.7 Å². The molecule has 1 aromatic heterocycles. The highest BCUT2D eigenvalue weighted by atomic mass is 19.1. The van der Waals surface area contributed by atoms with Gasteiger partial charge in [0.25, 0.3) is 5.91 Å². The fourth-order valence-electron chi connectivity index (χ4n) is 2.40. The summed E-state index contributed by atoms with van der Waals surface area (Å²) < 4.78 is 18.4. The fraction of sp³-hybridized carbons (Fsp3) is 0.118. The van der Waals surface area contributed by atoms with Crippen LogP contribution in [-0.4, -0.2) is 18.0 Å². The number of methoxy groups -OCH3 is 1. The van der Waals surface area contributed by atoms with E-state index in [2.05, 4.69) is 10.3 Å². The number of H-pyrrole nitrogens is 1. The minimum Gasteiger partial charge on any atom is -0.495 e. The van der Waals surface area contributed by atoms with Gasteiger partial charge in [-0.3, -0.25) is 4.79 Å². The molecule has 0 unspecified atom stereocenters. The molecule has 0 spiro atoms. The molecule has 0 atom stereocenters. The molecule has 0 fully saturated rings. The standard InChI is InChI=1S/C17H15FN2O2/c1-10-3-6-16(22-2)15(7-10)20-17(21)13-9-19-14-8-11(18)4-5-12(13)14/h3-9,19H,1-2H3,(H,20,21). The van der Waals surface area contributed by atoms with Crippen LogP contribution in [0.2, 0.25) is 0 Å². The van der Waals surface area contributed by atoms with Crippen LogP contribution in [0.5, 0.6) is 5.75 Å². The highest BCUT2D eigenvalue weighted by Gasteiger charge is 2.14. The summed E-state index contributed by atoms with van der Waals surface area (Å²) in [6.07, 6.45) is 1.57. The molecule has 1 heterocycles. The Kier molecular flexibility index (Phi) is 3.55. The number of carbonyl (C=O) groups is 1. The monoisotopic (exact) mass is 298 g/mol. The molecule has 4 nitrogen and oxygen atoms in total. The Labute approximate surface area is 126 Å². The van der Waals surface area contributed by atoms with Gasteiger partial charge in [-0.05, 0) is 42.8 Å². The smallest absolute Gasteiger partial charge is 0.257 e. The zero-order valence-electron chi connectivity index (χ0n) is 12.2. The van der Waals surface area contributed by atoms with Crippen LogP contribution >= 0.6 is 0 Å². The first-order valence-electron chi connectivity index (χ1n) is 6.81. The van der Waals surface area contributed by atoms with Crippen molar-refractivity contribution in [1.82, 2.24) is 4.98 Å². The number of hydrogen-bond donors (Lipinski definition) is 2.